The van der Waals surface area contributed by atoms with Crippen molar-refractivity contribution < 1.29 is 9.53 Å². The molecule has 0 bridgehead atoms. The van der Waals surface area contributed by atoms with E-state index in [9.17, 15) is 4.79 Å². The number of carbonyl (C=O) groups excluding carboxylic acids is 1. The maximum atomic E-state index is 11.7. The first-order valence-corrected chi connectivity index (χ1v) is 7.55. The second-order valence-corrected chi connectivity index (χ2v) is 5.08. The van der Waals surface area contributed by atoms with E-state index in [1.54, 1.807) is 12.4 Å². The van der Waals surface area contributed by atoms with E-state index in [4.69, 9.17) is 4.74 Å². The molecule has 0 atom stereocenters. The molecule has 0 saturated carbocycles. The van der Waals surface area contributed by atoms with Gasteiger partial charge in [-0.3, -0.25) is 0 Å². The molecule has 0 radical (unpaired) electrons. The number of aryl methyl sites for hydroxylation is 1. The smallest absolute Gasteiger partial charge is 0.360 e. The first-order chi connectivity index (χ1) is 9.76. The number of aromatic nitrogens is 1. The summed E-state index contributed by atoms with van der Waals surface area (Å²) in [5, 5.41) is 4.04. The molecule has 0 fully saturated rings. The van der Waals surface area contributed by atoms with Gasteiger partial charge in [-0.2, -0.15) is 0 Å². The molecule has 1 aromatic heterocycles. The minimum Gasteiger partial charge on any atom is -0.461 e. The third kappa shape index (κ3) is 3.36. The largest absolute Gasteiger partial charge is 0.461 e. The van der Waals surface area contributed by atoms with E-state index >= 15 is 0 Å². The van der Waals surface area contributed by atoms with Crippen LogP contribution in [0.15, 0.2) is 29.8 Å². The van der Waals surface area contributed by atoms with Crippen LogP contribution in [-0.2, 0) is 17.7 Å². The summed E-state index contributed by atoms with van der Waals surface area (Å²) in [5.41, 5.74) is 4.56. The number of thiazole rings is 1. The van der Waals surface area contributed by atoms with E-state index in [1.807, 2.05) is 12.1 Å². The first kappa shape index (κ1) is 14.5. The summed E-state index contributed by atoms with van der Waals surface area (Å²) in [7, 11) is 0. The Morgan fingerprint density at radius 2 is 2.05 bits per heavy atom. The number of hydrogen-bond donors (Lipinski definition) is 1. The second kappa shape index (κ2) is 7.05. The average molecular weight is 290 g/mol. The quantitative estimate of drug-likeness (QED) is 0.827. The van der Waals surface area contributed by atoms with E-state index in [1.165, 1.54) is 22.5 Å². The minimum atomic E-state index is -0.375. The van der Waals surface area contributed by atoms with Crippen LogP contribution >= 0.6 is 11.3 Å². The number of rotatable bonds is 6. The van der Waals surface area contributed by atoms with Crippen molar-refractivity contribution in [1.82, 2.24) is 4.98 Å². The average Bonchev–Trinajstić information content (AvgIpc) is 2.94. The van der Waals surface area contributed by atoms with Gasteiger partial charge in [-0.25, -0.2) is 9.78 Å². The summed E-state index contributed by atoms with van der Waals surface area (Å²) in [4.78, 5) is 15.8. The molecule has 20 heavy (non-hydrogen) atoms. The zero-order valence-electron chi connectivity index (χ0n) is 11.7. The van der Waals surface area contributed by atoms with Crippen LogP contribution < -0.4 is 5.32 Å². The van der Waals surface area contributed by atoms with Gasteiger partial charge in [0.25, 0.3) is 0 Å². The zero-order chi connectivity index (χ0) is 14.4. The zero-order valence-corrected chi connectivity index (χ0v) is 12.5. The molecule has 1 heterocycles. The molecule has 2 aromatic rings. The summed E-state index contributed by atoms with van der Waals surface area (Å²) in [5.74, 6) is -0.375. The van der Waals surface area contributed by atoms with Crippen molar-refractivity contribution in [1.29, 1.82) is 0 Å². The molecule has 1 aromatic carbocycles. The van der Waals surface area contributed by atoms with Crippen molar-refractivity contribution in [2.24, 2.45) is 0 Å². The van der Waals surface area contributed by atoms with Crippen molar-refractivity contribution >= 4 is 22.3 Å². The molecule has 0 spiro atoms. The first-order valence-electron chi connectivity index (χ1n) is 6.67. The molecule has 0 unspecified atom stereocenters. The Kier molecular flexibility index (Phi) is 5.12. The van der Waals surface area contributed by atoms with Crippen LogP contribution in [-0.4, -0.2) is 17.6 Å². The number of hydrogen-bond acceptors (Lipinski definition) is 5. The molecule has 1 N–H and O–H groups in total. The second-order valence-electron chi connectivity index (χ2n) is 4.23. The lowest BCUT2D eigenvalue weighted by Gasteiger charge is -2.09. The van der Waals surface area contributed by atoms with Crippen LogP contribution in [0.2, 0.25) is 0 Å². The van der Waals surface area contributed by atoms with Gasteiger partial charge >= 0.3 is 5.97 Å². The topological polar surface area (TPSA) is 51.2 Å². The number of benzene rings is 1. The maximum Gasteiger partial charge on any atom is 0.360 e. The van der Waals surface area contributed by atoms with E-state index in [0.717, 1.165) is 11.4 Å². The van der Waals surface area contributed by atoms with Gasteiger partial charge < -0.3 is 10.1 Å². The Balaban J connectivity index is 2.08. The van der Waals surface area contributed by atoms with Crippen LogP contribution in [0, 0.1) is 0 Å². The van der Waals surface area contributed by atoms with Gasteiger partial charge in [0.15, 0.2) is 5.69 Å². The highest BCUT2D eigenvalue weighted by Crippen LogP contribution is 2.22. The molecule has 4 nitrogen and oxygen atoms in total. The third-order valence-electron chi connectivity index (χ3n) is 2.97. The fourth-order valence-corrected chi connectivity index (χ4v) is 2.63. The van der Waals surface area contributed by atoms with Crippen LogP contribution in [0.25, 0.3) is 0 Å². The van der Waals surface area contributed by atoms with Gasteiger partial charge in [-0.15, -0.1) is 11.3 Å². The summed E-state index contributed by atoms with van der Waals surface area (Å²) >= 11 is 1.41. The summed E-state index contributed by atoms with van der Waals surface area (Å²) < 4.78 is 4.99. The summed E-state index contributed by atoms with van der Waals surface area (Å²) in [6, 6.07) is 8.28. The Hall–Kier alpha value is -1.88. The summed E-state index contributed by atoms with van der Waals surface area (Å²) in [6.45, 7) is 4.96. The molecule has 106 valence electrons. The predicted octanol–water partition coefficient (Wildman–Crippen LogP) is 3.49. The SMILES string of the molecule is CCOC(=O)c1ncsc1NCc1ccccc1CC. The molecular weight excluding hydrogens is 272 g/mol. The lowest BCUT2D eigenvalue weighted by molar-refractivity contribution is 0.0521. The lowest BCUT2D eigenvalue weighted by atomic mass is 10.1. The van der Waals surface area contributed by atoms with Crippen LogP contribution in [0.5, 0.6) is 0 Å². The van der Waals surface area contributed by atoms with Crippen LogP contribution in [0.4, 0.5) is 5.00 Å². The fraction of sp³-hybridized carbons (Fsp3) is 0.333. The maximum absolute atomic E-state index is 11.7. The van der Waals surface area contributed by atoms with Crippen LogP contribution in [0.1, 0.15) is 35.5 Å². The molecule has 0 saturated heterocycles. The molecule has 0 amide bonds. The van der Waals surface area contributed by atoms with E-state index < -0.39 is 0 Å². The monoisotopic (exact) mass is 290 g/mol. The fourth-order valence-electron chi connectivity index (χ4n) is 1.97. The Labute approximate surface area is 122 Å². The highest BCUT2D eigenvalue weighted by atomic mass is 32.1. The third-order valence-corrected chi connectivity index (χ3v) is 3.76. The van der Waals surface area contributed by atoms with E-state index in [2.05, 4.69) is 29.4 Å². The standard InChI is InChI=1S/C15H18N2O2S/c1-3-11-7-5-6-8-12(11)9-16-14-13(17-10-20-14)15(18)19-4-2/h5-8,10,16H,3-4,9H2,1-2H3. The van der Waals surface area contributed by atoms with Crippen molar-refractivity contribution in [3.8, 4) is 0 Å². The molecule has 0 aliphatic heterocycles. The normalized spacial score (nSPS) is 10.3. The van der Waals surface area contributed by atoms with Gasteiger partial charge in [0.2, 0.25) is 0 Å². The molecular formula is C15H18N2O2S. The van der Waals surface area contributed by atoms with E-state index in [0.29, 0.717) is 18.8 Å². The van der Waals surface area contributed by atoms with Gasteiger partial charge in [0.1, 0.15) is 5.00 Å². The van der Waals surface area contributed by atoms with Gasteiger partial charge in [-0.05, 0) is 24.5 Å². The molecule has 2 rings (SSSR count). The number of anilines is 1. The van der Waals surface area contributed by atoms with Gasteiger partial charge in [-0.1, -0.05) is 31.2 Å². The van der Waals surface area contributed by atoms with Crippen molar-refractivity contribution in [3.63, 3.8) is 0 Å². The Bertz CT molecular complexity index is 581. The number of esters is 1. The van der Waals surface area contributed by atoms with E-state index in [-0.39, 0.29) is 5.97 Å². The van der Waals surface area contributed by atoms with Crippen molar-refractivity contribution in [2.75, 3.05) is 11.9 Å². The molecule has 0 aliphatic carbocycles. The number of carbonyl (C=O) groups is 1. The predicted molar refractivity (Wildman–Crippen MR) is 81.2 cm³/mol. The van der Waals surface area contributed by atoms with Crippen molar-refractivity contribution in [2.45, 2.75) is 26.8 Å². The summed E-state index contributed by atoms with van der Waals surface area (Å²) in [6.07, 6.45) is 0.991. The number of nitrogens with one attached hydrogen (secondary N) is 1. The van der Waals surface area contributed by atoms with Crippen molar-refractivity contribution in [3.05, 3.63) is 46.6 Å². The lowest BCUT2D eigenvalue weighted by Crippen LogP contribution is -2.09. The number of ether oxygens (including phenoxy) is 1. The van der Waals surface area contributed by atoms with Gasteiger partial charge in [0.05, 0.1) is 12.1 Å². The number of nitrogens with zero attached hydrogens (tertiary/aromatic N) is 1. The van der Waals surface area contributed by atoms with Crippen LogP contribution in [0.3, 0.4) is 0 Å². The molecule has 0 aliphatic rings. The Morgan fingerprint density at radius 1 is 1.30 bits per heavy atom. The highest BCUT2D eigenvalue weighted by molar-refractivity contribution is 7.14. The minimum absolute atomic E-state index is 0.356. The Morgan fingerprint density at radius 3 is 2.75 bits per heavy atom. The molecule has 5 heteroatoms. The highest BCUT2D eigenvalue weighted by Gasteiger charge is 2.15. The van der Waals surface area contributed by atoms with Gasteiger partial charge in [0, 0.05) is 6.54 Å².